The molecular formula is C56H102N15O7V3-3. The molecule has 461 valence electrons. The van der Waals surface area contributed by atoms with Crippen molar-refractivity contribution in [2.75, 3.05) is 128 Å². The second-order valence-electron chi connectivity index (χ2n) is 17.9. The Balaban J connectivity index is -0.000000425. The summed E-state index contributed by atoms with van der Waals surface area (Å²) in [5.74, 6) is 0.450. The molecule has 2 aromatic rings. The van der Waals surface area contributed by atoms with Gasteiger partial charge in [0.2, 0.25) is 17.7 Å². The molecule has 8 fully saturated rings. The third-order valence-corrected chi connectivity index (χ3v) is 13.4. The molecule has 3 atom stereocenters. The van der Waals surface area contributed by atoms with Gasteiger partial charge < -0.3 is 29.4 Å². The third kappa shape index (κ3) is 24.3. The van der Waals surface area contributed by atoms with E-state index in [1.807, 2.05) is 85.5 Å². The Kier molecular flexibility index (Phi) is 44.3. The fourth-order valence-electron chi connectivity index (χ4n) is 8.41. The smallest absolute Gasteiger partial charge is 0.250 e. The standard InChI is InChI=1S/C9H15N3O2.C9H17N3O.C9H14N2O.C7H7N3O.C6H7N2O.C4H5N2O.3C2H6.C2H3.4CH4.3V/c1-10-3-4-12-7(5-10)9(14)11(2)6-8(12)13;1-10-3-5-12-6-4-11(2)9(13)8(12)7-10;1-7-8-5-3-4-6-11(8)9(12)10(7)2;1-9-7(11)10-5-3-2-4-6(10)8-9;1-3-5-6(9)8(2)4-7-5;1-6-3-5-2-4(6)7;4*1-2;;;;;;;/h7H,3-6H2,1-2H3;8H,3-7H2,1-2H3;8H,1,3-6H2,2H3;2-5H,1H3;1,3H,4H2,2H3;3H2,1H3;3*1-2H3;1H3;4*1H4;;;/q;;;;2*-1;;;;-1;;;;;;;. The molecule has 8 aliphatic rings. The van der Waals surface area contributed by atoms with E-state index in [1.54, 1.807) is 76.9 Å². The monoisotopic (exact) mass is 1250 g/mol. The van der Waals surface area contributed by atoms with E-state index in [0.717, 1.165) is 64.4 Å². The zero-order valence-corrected chi connectivity index (χ0v) is 52.6. The number of piperidine rings is 1. The average molecular weight is 1250 g/mol. The average Bonchev–Trinajstić information content (AvgIpc) is 4.10. The summed E-state index contributed by atoms with van der Waals surface area (Å²) in [6.45, 7) is 27.1. The maximum absolute atomic E-state index is 11.8. The molecule has 10 rings (SSSR count). The first-order chi connectivity index (χ1) is 36.7. The van der Waals surface area contributed by atoms with Crippen LogP contribution in [0.5, 0.6) is 0 Å². The molecule has 81 heavy (non-hydrogen) atoms. The minimum absolute atomic E-state index is 0. The number of carbonyl (C=O) groups excluding carboxylic acids is 6. The minimum atomic E-state index is -0.250. The second kappa shape index (κ2) is 43.2. The van der Waals surface area contributed by atoms with Crippen LogP contribution in [-0.4, -0.2) is 259 Å². The molecule has 10 heterocycles. The van der Waals surface area contributed by atoms with Crippen LogP contribution in [0.25, 0.3) is 16.3 Å². The Labute approximate surface area is 515 Å². The number of allylic oxidation sites excluding steroid dienone is 1. The summed E-state index contributed by atoms with van der Waals surface area (Å²) in [7, 11) is 14.5. The number of fused-ring (bicyclic) bond motifs is 4. The quantitative estimate of drug-likeness (QED) is 0.288. The van der Waals surface area contributed by atoms with Crippen molar-refractivity contribution in [2.45, 2.75) is 116 Å². The zero-order valence-electron chi connectivity index (χ0n) is 48.4. The predicted octanol–water partition coefficient (Wildman–Crippen LogP) is 4.47. The molecule has 8 aliphatic heterocycles. The van der Waals surface area contributed by atoms with Gasteiger partial charge in [0.05, 0.1) is 12.6 Å². The molecule has 7 amide bonds. The van der Waals surface area contributed by atoms with Gasteiger partial charge in [-0.3, -0.25) is 28.6 Å². The van der Waals surface area contributed by atoms with Crippen LogP contribution in [0, 0.1) is 0 Å². The van der Waals surface area contributed by atoms with Crippen molar-refractivity contribution in [1.82, 2.24) is 63.2 Å². The van der Waals surface area contributed by atoms with Crippen molar-refractivity contribution in [3.63, 3.8) is 0 Å². The first-order valence-electron chi connectivity index (χ1n) is 26.2. The number of urea groups is 1. The van der Waals surface area contributed by atoms with Crippen LogP contribution in [0.4, 0.5) is 4.79 Å². The summed E-state index contributed by atoms with van der Waals surface area (Å²) in [5, 5.41) is 11.8. The number of likely N-dealkylation sites (N-methyl/N-ethyl adjacent to an activating group) is 7. The molecule has 0 radical (unpaired) electrons. The van der Waals surface area contributed by atoms with Crippen LogP contribution < -0.4 is 5.69 Å². The maximum Gasteiger partial charge on any atom is 0.350 e. The van der Waals surface area contributed by atoms with Gasteiger partial charge in [0, 0.05) is 99.0 Å². The van der Waals surface area contributed by atoms with E-state index in [1.165, 1.54) is 20.4 Å². The maximum atomic E-state index is 11.8. The van der Waals surface area contributed by atoms with Crippen LogP contribution in [0.1, 0.15) is 97.4 Å². The van der Waals surface area contributed by atoms with Crippen molar-refractivity contribution in [1.29, 1.82) is 0 Å². The van der Waals surface area contributed by atoms with Gasteiger partial charge in [0.1, 0.15) is 12.1 Å². The normalized spacial score (nSPS) is 21.1. The Morgan fingerprint density at radius 3 is 1.68 bits per heavy atom. The summed E-state index contributed by atoms with van der Waals surface area (Å²) < 4.78 is 7.81. The van der Waals surface area contributed by atoms with Gasteiger partial charge in [-0.2, -0.15) is 5.10 Å². The van der Waals surface area contributed by atoms with Gasteiger partial charge in [-0.15, -0.1) is 0 Å². The van der Waals surface area contributed by atoms with Crippen molar-refractivity contribution in [3.05, 3.63) is 69.6 Å². The molecule has 0 aromatic carbocycles. The minimum Gasteiger partial charge on any atom is -0.250 e. The first-order valence-corrected chi connectivity index (χ1v) is 28.4. The Bertz CT molecular complexity index is 2360. The van der Waals surface area contributed by atoms with Crippen molar-refractivity contribution in [3.8, 4) is 0 Å². The molecule has 0 saturated carbocycles. The molecule has 25 heteroatoms. The van der Waals surface area contributed by atoms with E-state index < -0.39 is 0 Å². The second-order valence-corrected chi connectivity index (χ2v) is 19.7. The fourth-order valence-corrected chi connectivity index (χ4v) is 9.00. The summed E-state index contributed by atoms with van der Waals surface area (Å²) in [5.41, 5.74) is 2.09. The number of hydrogen-bond donors (Lipinski definition) is 0. The van der Waals surface area contributed by atoms with Crippen molar-refractivity contribution in [2.24, 2.45) is 7.05 Å². The van der Waals surface area contributed by atoms with E-state index in [9.17, 15) is 33.6 Å². The van der Waals surface area contributed by atoms with Crippen molar-refractivity contribution >= 4 is 55.0 Å². The molecule has 3 unspecified atom stereocenters. The Hall–Kier alpha value is -4.48. The van der Waals surface area contributed by atoms with Crippen LogP contribution >= 0.6 is 0 Å². The van der Waals surface area contributed by atoms with Gasteiger partial charge in [-0.1, -0.05) is 83.9 Å². The number of rotatable bonds is 1. The van der Waals surface area contributed by atoms with E-state index >= 15 is 0 Å². The zero-order chi connectivity index (χ0) is 58.7. The predicted molar refractivity (Wildman–Crippen MR) is 321 cm³/mol. The number of amides is 7. The molecule has 0 N–H and O–H groups in total. The SMILES string of the molecule is C.C.C.C.C=C1C2CCCCN2C(=O)N1C.CC.CC.CC.CN1CCN2C(=O)CN(C)C(=O)C2C1.CN1CCN2CCN(C)C(=O)C2C1.CN1C[N-]C(=C[CH]=[V])C1=O.CN1C[N-][C](=[V])C1=O.C[C-]=[V].Cn1nc2ccccn2c1=O. The first kappa shape index (κ1) is 83.0. The number of aryl methyl sites for hydroxylation is 1. The van der Waals surface area contributed by atoms with Crippen LogP contribution in [-0.2, 0) is 82.0 Å². The van der Waals surface area contributed by atoms with E-state index in [4.69, 9.17) is 0 Å². The Morgan fingerprint density at radius 2 is 1.19 bits per heavy atom. The largest absolute Gasteiger partial charge is 0.350 e. The van der Waals surface area contributed by atoms with Gasteiger partial charge in [-0.25, -0.2) is 14.3 Å². The van der Waals surface area contributed by atoms with E-state index in [2.05, 4.69) is 99.7 Å². The molecule has 0 spiro atoms. The van der Waals surface area contributed by atoms with Gasteiger partial charge >= 0.3 is 164 Å². The molecule has 2 aromatic heterocycles. The number of pyridine rings is 1. The number of aromatic nitrogens is 3. The van der Waals surface area contributed by atoms with Gasteiger partial charge in [0.25, 0.3) is 0 Å². The molecular weight excluding hydrogens is 1150 g/mol. The number of carbonyl (C=O) groups is 6. The van der Waals surface area contributed by atoms with Crippen LogP contribution in [0.2, 0.25) is 0 Å². The summed E-state index contributed by atoms with van der Waals surface area (Å²) in [4.78, 5) is 98.0. The van der Waals surface area contributed by atoms with E-state index in [0.29, 0.717) is 48.2 Å². The number of piperazine rings is 4. The van der Waals surface area contributed by atoms with Crippen LogP contribution in [0.15, 0.2) is 53.2 Å². The van der Waals surface area contributed by atoms with Crippen molar-refractivity contribution < 1.29 is 79.7 Å². The number of hydrogen-bond acceptors (Lipinski definition) is 11. The summed E-state index contributed by atoms with van der Waals surface area (Å²) in [6.07, 6.45) is 6.86. The Morgan fingerprint density at radius 1 is 0.654 bits per heavy atom. The fraction of sp³-hybridized carbons (Fsp3) is 0.661. The number of nitrogens with zero attached hydrogens (tertiary/aromatic N) is 15. The molecule has 8 saturated heterocycles. The van der Waals surface area contributed by atoms with Gasteiger partial charge in [-0.05, 0) is 45.5 Å². The molecule has 0 bridgehead atoms. The summed E-state index contributed by atoms with van der Waals surface area (Å²) >= 11 is 6.64. The third-order valence-electron chi connectivity index (χ3n) is 12.7. The van der Waals surface area contributed by atoms with Gasteiger partial charge in [0.15, 0.2) is 5.65 Å². The molecule has 0 aliphatic carbocycles. The summed E-state index contributed by atoms with van der Waals surface area (Å²) in [6, 6.07) is 5.75. The topological polar surface area (TPSA) is 202 Å². The molecule has 22 nitrogen and oxygen atoms in total. The van der Waals surface area contributed by atoms with Crippen LogP contribution in [0.3, 0.4) is 0 Å². The van der Waals surface area contributed by atoms with E-state index in [-0.39, 0.29) is 89.6 Å².